The van der Waals surface area contributed by atoms with Crippen molar-refractivity contribution in [1.82, 2.24) is 10.3 Å². The lowest BCUT2D eigenvalue weighted by Gasteiger charge is -2.10. The Bertz CT molecular complexity index is 879. The molecular formula is C20H16F2N2O. The van der Waals surface area contributed by atoms with Gasteiger partial charge in [-0.15, -0.1) is 0 Å². The summed E-state index contributed by atoms with van der Waals surface area (Å²) in [5.41, 5.74) is 2.90. The van der Waals surface area contributed by atoms with Crippen LogP contribution in [-0.4, -0.2) is 10.9 Å². The molecule has 0 aliphatic heterocycles. The van der Waals surface area contributed by atoms with E-state index < -0.39 is 0 Å². The molecule has 1 aromatic heterocycles. The Morgan fingerprint density at radius 2 is 1.76 bits per heavy atom. The van der Waals surface area contributed by atoms with Gasteiger partial charge in [0.2, 0.25) is 5.91 Å². The van der Waals surface area contributed by atoms with E-state index in [0.29, 0.717) is 11.3 Å². The van der Waals surface area contributed by atoms with Gasteiger partial charge in [-0.1, -0.05) is 18.2 Å². The molecule has 126 valence electrons. The van der Waals surface area contributed by atoms with Gasteiger partial charge in [-0.05, 0) is 53.6 Å². The van der Waals surface area contributed by atoms with Crippen molar-refractivity contribution in [3.8, 4) is 11.3 Å². The zero-order valence-corrected chi connectivity index (χ0v) is 13.4. The van der Waals surface area contributed by atoms with Crippen LogP contribution >= 0.6 is 0 Å². The van der Waals surface area contributed by atoms with Crippen molar-refractivity contribution in [3.63, 3.8) is 0 Å². The van der Waals surface area contributed by atoms with E-state index >= 15 is 0 Å². The molecule has 3 rings (SSSR count). The molecule has 1 heterocycles. The van der Waals surface area contributed by atoms with Crippen molar-refractivity contribution in [1.29, 1.82) is 0 Å². The molecule has 0 saturated heterocycles. The number of nitrogens with one attached hydrogen (secondary N) is 1. The first-order valence-electron chi connectivity index (χ1n) is 7.83. The van der Waals surface area contributed by atoms with Gasteiger partial charge in [0, 0.05) is 18.3 Å². The highest BCUT2D eigenvalue weighted by molar-refractivity contribution is 5.78. The quantitative estimate of drug-likeness (QED) is 0.767. The van der Waals surface area contributed by atoms with E-state index in [9.17, 15) is 13.6 Å². The lowest BCUT2D eigenvalue weighted by molar-refractivity contribution is -0.120. The number of carbonyl (C=O) groups excluding carboxylic acids is 1. The van der Waals surface area contributed by atoms with E-state index in [2.05, 4.69) is 10.3 Å². The summed E-state index contributed by atoms with van der Waals surface area (Å²) >= 11 is 0. The number of nitrogens with zero attached hydrogens (tertiary/aromatic N) is 1. The highest BCUT2D eigenvalue weighted by atomic mass is 19.1. The molecule has 1 amide bonds. The van der Waals surface area contributed by atoms with E-state index in [1.807, 2.05) is 6.07 Å². The molecule has 0 aliphatic rings. The lowest BCUT2D eigenvalue weighted by Crippen LogP contribution is -2.25. The predicted octanol–water partition coefficient (Wildman–Crippen LogP) is 3.89. The summed E-state index contributed by atoms with van der Waals surface area (Å²) in [7, 11) is 0. The molecule has 25 heavy (non-hydrogen) atoms. The van der Waals surface area contributed by atoms with Crippen LogP contribution in [0.5, 0.6) is 0 Å². The third kappa shape index (κ3) is 4.47. The number of amides is 1. The molecule has 5 heteroatoms. The largest absolute Gasteiger partial charge is 0.352 e. The van der Waals surface area contributed by atoms with Crippen molar-refractivity contribution >= 4 is 5.91 Å². The summed E-state index contributed by atoms with van der Waals surface area (Å²) in [6.45, 7) is 0.286. The van der Waals surface area contributed by atoms with Gasteiger partial charge >= 0.3 is 0 Å². The molecule has 2 aromatic carbocycles. The first-order chi connectivity index (χ1) is 12.1. The van der Waals surface area contributed by atoms with Gasteiger partial charge in [0.1, 0.15) is 11.6 Å². The van der Waals surface area contributed by atoms with E-state index in [-0.39, 0.29) is 30.5 Å². The number of hydrogen-bond donors (Lipinski definition) is 1. The molecule has 0 aliphatic carbocycles. The van der Waals surface area contributed by atoms with E-state index in [1.165, 1.54) is 24.3 Å². The molecule has 1 N–H and O–H groups in total. The van der Waals surface area contributed by atoms with Crippen LogP contribution in [0.1, 0.15) is 11.1 Å². The fraction of sp³-hybridized carbons (Fsp3) is 0.100. The smallest absolute Gasteiger partial charge is 0.224 e. The van der Waals surface area contributed by atoms with Crippen molar-refractivity contribution in [2.75, 3.05) is 0 Å². The van der Waals surface area contributed by atoms with Crippen LogP contribution < -0.4 is 5.32 Å². The number of aromatic nitrogens is 1. The van der Waals surface area contributed by atoms with Gasteiger partial charge in [0.25, 0.3) is 0 Å². The third-order valence-corrected chi connectivity index (χ3v) is 3.74. The fourth-order valence-corrected chi connectivity index (χ4v) is 2.54. The van der Waals surface area contributed by atoms with E-state index in [4.69, 9.17) is 0 Å². The third-order valence-electron chi connectivity index (χ3n) is 3.74. The number of rotatable bonds is 5. The number of hydrogen-bond acceptors (Lipinski definition) is 2. The Balaban J connectivity index is 1.69. The molecule has 0 radical (unpaired) electrons. The SMILES string of the molecule is O=C(Cc1cccc(F)c1)NCc1cccnc1-c1ccc(F)cc1. The van der Waals surface area contributed by atoms with E-state index in [1.54, 1.807) is 36.5 Å². The van der Waals surface area contributed by atoms with Crippen LogP contribution in [0.15, 0.2) is 66.9 Å². The average Bonchev–Trinajstić information content (AvgIpc) is 2.61. The van der Waals surface area contributed by atoms with Gasteiger partial charge in [-0.25, -0.2) is 8.78 Å². The van der Waals surface area contributed by atoms with Crippen molar-refractivity contribution in [2.45, 2.75) is 13.0 Å². The summed E-state index contributed by atoms with van der Waals surface area (Å²) in [5, 5.41) is 2.81. The Labute approximate surface area is 144 Å². The molecule has 0 bridgehead atoms. The Kier molecular flexibility index (Phi) is 5.14. The maximum absolute atomic E-state index is 13.2. The molecular weight excluding hydrogens is 322 g/mol. The zero-order valence-electron chi connectivity index (χ0n) is 13.4. The second kappa shape index (κ2) is 7.66. The predicted molar refractivity (Wildman–Crippen MR) is 91.6 cm³/mol. The lowest BCUT2D eigenvalue weighted by atomic mass is 10.1. The monoisotopic (exact) mass is 338 g/mol. The second-order valence-corrected chi connectivity index (χ2v) is 5.60. The summed E-state index contributed by atoms with van der Waals surface area (Å²) < 4.78 is 26.3. The number of pyridine rings is 1. The minimum atomic E-state index is -0.365. The highest BCUT2D eigenvalue weighted by Crippen LogP contribution is 2.21. The first-order valence-corrected chi connectivity index (χ1v) is 7.83. The standard InChI is InChI=1S/C20H16F2N2O/c21-17-8-6-15(7-9-17)20-16(4-2-10-23-20)13-24-19(25)12-14-3-1-5-18(22)11-14/h1-11H,12-13H2,(H,24,25). The van der Waals surface area contributed by atoms with Crippen LogP contribution in [0.25, 0.3) is 11.3 Å². The molecule has 0 unspecified atom stereocenters. The van der Waals surface area contributed by atoms with Crippen molar-refractivity contribution in [2.24, 2.45) is 0 Å². The molecule has 3 aromatic rings. The van der Waals surface area contributed by atoms with Crippen LogP contribution in [-0.2, 0) is 17.8 Å². The molecule has 0 saturated carbocycles. The summed E-state index contributed by atoms with van der Waals surface area (Å²) in [6.07, 6.45) is 1.75. The topological polar surface area (TPSA) is 42.0 Å². The molecule has 3 nitrogen and oxygen atoms in total. The number of carbonyl (C=O) groups is 1. The van der Waals surface area contributed by atoms with Crippen molar-refractivity contribution in [3.05, 3.63) is 89.6 Å². The molecule has 0 spiro atoms. The van der Waals surface area contributed by atoms with Gasteiger partial charge in [-0.3, -0.25) is 9.78 Å². The maximum Gasteiger partial charge on any atom is 0.224 e. The Hall–Kier alpha value is -3.08. The summed E-state index contributed by atoms with van der Waals surface area (Å²) in [5.74, 6) is -0.889. The summed E-state index contributed by atoms with van der Waals surface area (Å²) in [4.78, 5) is 16.4. The van der Waals surface area contributed by atoms with Gasteiger partial charge in [-0.2, -0.15) is 0 Å². The highest BCUT2D eigenvalue weighted by Gasteiger charge is 2.09. The van der Waals surface area contributed by atoms with Crippen LogP contribution in [0, 0.1) is 11.6 Å². The molecule has 0 fully saturated rings. The minimum Gasteiger partial charge on any atom is -0.352 e. The van der Waals surface area contributed by atoms with Gasteiger partial charge in [0.15, 0.2) is 0 Å². The van der Waals surface area contributed by atoms with Crippen LogP contribution in [0.2, 0.25) is 0 Å². The van der Waals surface area contributed by atoms with Crippen molar-refractivity contribution < 1.29 is 13.6 Å². The Morgan fingerprint density at radius 1 is 0.960 bits per heavy atom. The number of halogens is 2. The maximum atomic E-state index is 13.2. The van der Waals surface area contributed by atoms with Gasteiger partial charge < -0.3 is 5.32 Å². The normalized spacial score (nSPS) is 10.5. The van der Waals surface area contributed by atoms with Crippen LogP contribution in [0.4, 0.5) is 8.78 Å². The zero-order chi connectivity index (χ0) is 17.6. The second-order valence-electron chi connectivity index (χ2n) is 5.60. The molecule has 0 atom stereocenters. The van der Waals surface area contributed by atoms with Crippen LogP contribution in [0.3, 0.4) is 0 Å². The minimum absolute atomic E-state index is 0.101. The Morgan fingerprint density at radius 3 is 2.52 bits per heavy atom. The fourth-order valence-electron chi connectivity index (χ4n) is 2.54. The first kappa shape index (κ1) is 16.8. The van der Waals surface area contributed by atoms with E-state index in [0.717, 1.165) is 11.1 Å². The number of benzene rings is 2. The summed E-state index contributed by atoms with van der Waals surface area (Å²) in [6, 6.07) is 15.6. The average molecular weight is 338 g/mol. The van der Waals surface area contributed by atoms with Gasteiger partial charge in [0.05, 0.1) is 12.1 Å².